The van der Waals surface area contributed by atoms with Crippen LogP contribution < -0.4 is 11.1 Å². The van der Waals surface area contributed by atoms with Crippen molar-refractivity contribution in [3.8, 4) is 0 Å². The van der Waals surface area contributed by atoms with Crippen molar-refractivity contribution in [1.82, 2.24) is 25.3 Å². The van der Waals surface area contributed by atoms with Crippen molar-refractivity contribution in [3.05, 3.63) is 11.7 Å². The van der Waals surface area contributed by atoms with Crippen LogP contribution in [-0.4, -0.2) is 64.0 Å². The number of nitrogens with one attached hydrogen (secondary N) is 1. The van der Waals surface area contributed by atoms with Crippen molar-refractivity contribution in [2.24, 2.45) is 11.7 Å². The van der Waals surface area contributed by atoms with Gasteiger partial charge in [-0.2, -0.15) is 4.98 Å². The molecule has 0 aliphatic carbocycles. The zero-order valence-corrected chi connectivity index (χ0v) is 14.5. The molecule has 1 atom stereocenters. The molecule has 0 aromatic carbocycles. The summed E-state index contributed by atoms with van der Waals surface area (Å²) in [5.41, 5.74) is 5.04. The lowest BCUT2D eigenvalue weighted by Gasteiger charge is -2.34. The van der Waals surface area contributed by atoms with Crippen molar-refractivity contribution >= 4 is 17.8 Å². The fourth-order valence-corrected chi connectivity index (χ4v) is 2.85. The number of rotatable bonds is 6. The molecule has 0 bridgehead atoms. The van der Waals surface area contributed by atoms with Gasteiger partial charge in [0.1, 0.15) is 0 Å². The van der Waals surface area contributed by atoms with Gasteiger partial charge in [-0.25, -0.2) is 4.79 Å². The van der Waals surface area contributed by atoms with Gasteiger partial charge in [0.15, 0.2) is 0 Å². The van der Waals surface area contributed by atoms with Gasteiger partial charge in [-0.1, -0.05) is 5.16 Å². The van der Waals surface area contributed by atoms with Gasteiger partial charge in [0.25, 0.3) is 11.7 Å². The maximum atomic E-state index is 12.5. The van der Waals surface area contributed by atoms with Gasteiger partial charge in [-0.05, 0) is 26.7 Å². The van der Waals surface area contributed by atoms with Gasteiger partial charge in [0.2, 0.25) is 11.8 Å². The molecule has 1 aromatic rings. The summed E-state index contributed by atoms with van der Waals surface area (Å²) < 4.78 is 4.83. The lowest BCUT2D eigenvalue weighted by Crippen LogP contribution is -2.49. The smallest absolute Gasteiger partial charge is 0.317 e. The number of piperidine rings is 1. The molecule has 1 aromatic heterocycles. The van der Waals surface area contributed by atoms with Crippen molar-refractivity contribution < 1.29 is 18.9 Å². The maximum Gasteiger partial charge on any atom is 0.317 e. The van der Waals surface area contributed by atoms with E-state index in [0.717, 1.165) is 12.8 Å². The summed E-state index contributed by atoms with van der Waals surface area (Å²) in [6.07, 6.45) is 1.56. The molecule has 0 radical (unpaired) electrons. The molecule has 2 rings (SSSR count). The average molecular weight is 352 g/mol. The highest BCUT2D eigenvalue weighted by molar-refractivity contribution is 5.88. The van der Waals surface area contributed by atoms with E-state index < -0.39 is 5.91 Å². The Morgan fingerprint density at radius 1 is 1.36 bits per heavy atom. The van der Waals surface area contributed by atoms with Gasteiger partial charge >= 0.3 is 6.03 Å². The number of urea groups is 1. The van der Waals surface area contributed by atoms with E-state index in [1.165, 1.54) is 0 Å². The van der Waals surface area contributed by atoms with E-state index in [9.17, 15) is 14.4 Å². The number of nitrogens with two attached hydrogens (primary N) is 1. The second-order valence-electron chi connectivity index (χ2n) is 5.83. The minimum atomic E-state index is -0.796. The molecule has 138 valence electrons. The number of amides is 4. The Balaban J connectivity index is 1.88. The zero-order chi connectivity index (χ0) is 18.4. The number of hydrogen-bond donors (Lipinski definition) is 2. The number of likely N-dealkylation sites (tertiary alicyclic amines) is 1. The third-order valence-electron chi connectivity index (χ3n) is 4.21. The quantitative estimate of drug-likeness (QED) is 0.737. The van der Waals surface area contributed by atoms with E-state index in [1.807, 2.05) is 13.8 Å². The van der Waals surface area contributed by atoms with Gasteiger partial charge in [0, 0.05) is 26.2 Å². The summed E-state index contributed by atoms with van der Waals surface area (Å²) in [4.78, 5) is 42.8. The van der Waals surface area contributed by atoms with Crippen LogP contribution in [0.1, 0.15) is 43.2 Å². The van der Waals surface area contributed by atoms with Crippen LogP contribution in [0, 0.1) is 5.92 Å². The minimum absolute atomic E-state index is 0.00965. The topological polar surface area (TPSA) is 135 Å². The lowest BCUT2D eigenvalue weighted by molar-refractivity contribution is -0.136. The van der Waals surface area contributed by atoms with Crippen molar-refractivity contribution in [2.45, 2.75) is 33.2 Å². The molecule has 25 heavy (non-hydrogen) atoms. The number of carbonyl (C=O) groups excluding carboxylic acids is 3. The van der Waals surface area contributed by atoms with Crippen molar-refractivity contribution in [3.63, 3.8) is 0 Å². The molecule has 1 saturated heterocycles. The second kappa shape index (κ2) is 8.45. The highest BCUT2D eigenvalue weighted by Crippen LogP contribution is 2.19. The summed E-state index contributed by atoms with van der Waals surface area (Å²) in [6.45, 7) is 6.18. The summed E-state index contributed by atoms with van der Waals surface area (Å²) in [5, 5.41) is 6.06. The van der Waals surface area contributed by atoms with Crippen LogP contribution in [0.4, 0.5) is 4.79 Å². The van der Waals surface area contributed by atoms with E-state index >= 15 is 0 Å². The third kappa shape index (κ3) is 4.68. The van der Waals surface area contributed by atoms with E-state index in [0.29, 0.717) is 26.2 Å². The number of carbonyl (C=O) groups is 3. The lowest BCUT2D eigenvalue weighted by atomic mass is 9.96. The fourth-order valence-electron chi connectivity index (χ4n) is 2.85. The molecule has 0 spiro atoms. The normalized spacial score (nSPS) is 17.2. The van der Waals surface area contributed by atoms with Gasteiger partial charge in [0.05, 0.1) is 12.5 Å². The molecule has 10 nitrogen and oxygen atoms in total. The second-order valence-corrected chi connectivity index (χ2v) is 5.83. The van der Waals surface area contributed by atoms with Crippen LogP contribution in [0.3, 0.4) is 0 Å². The minimum Gasteiger partial charge on any atom is -0.363 e. The van der Waals surface area contributed by atoms with Crippen LogP contribution in [0.5, 0.6) is 0 Å². The van der Waals surface area contributed by atoms with E-state index in [4.69, 9.17) is 10.3 Å². The first kappa shape index (κ1) is 18.7. The molecule has 1 aliphatic heterocycles. The molecule has 4 amide bonds. The zero-order valence-electron chi connectivity index (χ0n) is 14.5. The van der Waals surface area contributed by atoms with Gasteiger partial charge in [-0.15, -0.1) is 0 Å². The average Bonchev–Trinajstić information content (AvgIpc) is 3.10. The van der Waals surface area contributed by atoms with Crippen LogP contribution >= 0.6 is 0 Å². The summed E-state index contributed by atoms with van der Waals surface area (Å²) in [7, 11) is 0. The molecule has 3 N–H and O–H groups in total. The Morgan fingerprint density at radius 2 is 2.08 bits per heavy atom. The highest BCUT2D eigenvalue weighted by atomic mass is 16.5. The largest absolute Gasteiger partial charge is 0.363 e. The van der Waals surface area contributed by atoms with Crippen LogP contribution in [-0.2, 0) is 11.3 Å². The van der Waals surface area contributed by atoms with Crippen LogP contribution in [0.2, 0.25) is 0 Å². The SMILES string of the molecule is CCN(CC)C(=O)[C@@H]1CCCN(C(=O)NCc2nc(C(N)=O)no2)C1. The first-order chi connectivity index (χ1) is 12.0. The number of aromatic nitrogens is 2. The first-order valence-corrected chi connectivity index (χ1v) is 8.40. The summed E-state index contributed by atoms with van der Waals surface area (Å²) in [6, 6.07) is -0.309. The van der Waals surface area contributed by atoms with Crippen LogP contribution in [0.25, 0.3) is 0 Å². The maximum absolute atomic E-state index is 12.5. The number of hydrogen-bond acceptors (Lipinski definition) is 6. The van der Waals surface area contributed by atoms with Gasteiger partial charge in [-0.3, -0.25) is 9.59 Å². The highest BCUT2D eigenvalue weighted by Gasteiger charge is 2.30. The molecular weight excluding hydrogens is 328 g/mol. The molecule has 1 fully saturated rings. The predicted octanol–water partition coefficient (Wildman–Crippen LogP) is -0.0415. The van der Waals surface area contributed by atoms with E-state index in [-0.39, 0.29) is 36.1 Å². The molecule has 10 heteroatoms. The standard InChI is InChI=1S/C15H24N6O4/c1-3-20(4-2)14(23)10-6-5-7-21(9-10)15(24)17-8-11-18-13(12(16)22)19-25-11/h10H,3-9H2,1-2H3,(H2,16,22)(H,17,24)/t10-/m1/s1. The van der Waals surface area contributed by atoms with E-state index in [2.05, 4.69) is 15.5 Å². The molecular formula is C15H24N6O4. The Hall–Kier alpha value is -2.65. The monoisotopic (exact) mass is 352 g/mol. The third-order valence-corrected chi connectivity index (χ3v) is 4.21. The first-order valence-electron chi connectivity index (χ1n) is 8.40. The Bertz CT molecular complexity index is 627. The van der Waals surface area contributed by atoms with E-state index in [1.54, 1.807) is 9.80 Å². The Kier molecular flexibility index (Phi) is 6.31. The predicted molar refractivity (Wildman–Crippen MR) is 87.3 cm³/mol. The molecule has 0 saturated carbocycles. The Morgan fingerprint density at radius 3 is 2.68 bits per heavy atom. The number of primary amides is 1. The molecule has 1 aliphatic rings. The molecule has 2 heterocycles. The van der Waals surface area contributed by atoms with Crippen molar-refractivity contribution in [1.29, 1.82) is 0 Å². The summed E-state index contributed by atoms with van der Waals surface area (Å²) >= 11 is 0. The molecule has 0 unspecified atom stereocenters. The fraction of sp³-hybridized carbons (Fsp3) is 0.667. The van der Waals surface area contributed by atoms with Gasteiger partial charge < -0.3 is 25.4 Å². The van der Waals surface area contributed by atoms with Crippen LogP contribution in [0.15, 0.2) is 4.52 Å². The number of nitrogens with zero attached hydrogens (tertiary/aromatic N) is 4. The van der Waals surface area contributed by atoms with Crippen molar-refractivity contribution in [2.75, 3.05) is 26.2 Å². The summed E-state index contributed by atoms with van der Waals surface area (Å²) in [5.74, 6) is -1.02. The Labute approximate surface area is 145 Å².